The Balaban J connectivity index is 2.32. The molecule has 0 fully saturated rings. The van der Waals surface area contributed by atoms with Crippen LogP contribution >= 0.6 is 0 Å². The van der Waals surface area contributed by atoms with Crippen molar-refractivity contribution in [2.24, 2.45) is 0 Å². The molecule has 5 heteroatoms. The van der Waals surface area contributed by atoms with Crippen LogP contribution in [-0.4, -0.2) is 15.9 Å². The lowest BCUT2D eigenvalue weighted by molar-refractivity contribution is -0.254. The van der Waals surface area contributed by atoms with Crippen molar-refractivity contribution in [1.29, 1.82) is 0 Å². The van der Waals surface area contributed by atoms with Gasteiger partial charge in [-0.25, -0.2) is 9.37 Å². The summed E-state index contributed by atoms with van der Waals surface area (Å²) in [6.07, 6.45) is 3.18. The zero-order chi connectivity index (χ0) is 14.1. The number of carboxylic acid groups (broad SMARTS) is 1. The number of nitrogens with zero attached hydrogens (tertiary/aromatic N) is 2. The maximum Gasteiger partial charge on any atom is 0.123 e. The first-order valence-electron chi connectivity index (χ1n) is 5.87. The Bertz CT molecular complexity index is 804. The Labute approximate surface area is 113 Å². The first-order chi connectivity index (χ1) is 9.65. The van der Waals surface area contributed by atoms with Crippen LogP contribution < -0.4 is 5.11 Å². The number of aromatic nitrogens is 2. The summed E-state index contributed by atoms with van der Waals surface area (Å²) in [6.45, 7) is 0. The topological polar surface area (TPSA) is 65.9 Å². The highest BCUT2D eigenvalue weighted by atomic mass is 19.1. The van der Waals surface area contributed by atoms with Gasteiger partial charge in [-0.15, -0.1) is 0 Å². The predicted octanol–water partition coefficient (Wildman–Crippen LogP) is 1.80. The minimum Gasteiger partial charge on any atom is -0.545 e. The number of hydrogen-bond acceptors (Lipinski definition) is 4. The van der Waals surface area contributed by atoms with Crippen LogP contribution in [0.4, 0.5) is 4.39 Å². The lowest BCUT2D eigenvalue weighted by atomic mass is 10.0. The quantitative estimate of drug-likeness (QED) is 0.710. The number of fused-ring (bicyclic) bond motifs is 1. The molecule has 2 heterocycles. The molecule has 0 bridgehead atoms. The van der Waals surface area contributed by atoms with E-state index in [4.69, 9.17) is 0 Å². The van der Waals surface area contributed by atoms with E-state index in [1.807, 2.05) is 0 Å². The van der Waals surface area contributed by atoms with Gasteiger partial charge >= 0.3 is 0 Å². The first kappa shape index (κ1) is 12.2. The Morgan fingerprint density at radius 3 is 2.55 bits per heavy atom. The van der Waals surface area contributed by atoms with Crippen molar-refractivity contribution in [3.8, 4) is 11.3 Å². The van der Waals surface area contributed by atoms with Gasteiger partial charge in [0.15, 0.2) is 0 Å². The van der Waals surface area contributed by atoms with Gasteiger partial charge < -0.3 is 9.90 Å². The van der Waals surface area contributed by atoms with E-state index in [1.165, 1.54) is 18.2 Å². The summed E-state index contributed by atoms with van der Waals surface area (Å²) in [6, 6.07) is 8.65. The van der Waals surface area contributed by atoms with Gasteiger partial charge in [0.25, 0.3) is 0 Å². The third-order valence-corrected chi connectivity index (χ3v) is 2.97. The molecule has 20 heavy (non-hydrogen) atoms. The minimum absolute atomic E-state index is 0.0821. The molecule has 4 nitrogen and oxygen atoms in total. The predicted molar refractivity (Wildman–Crippen MR) is 69.3 cm³/mol. The maximum atomic E-state index is 13.3. The lowest BCUT2D eigenvalue weighted by Crippen LogP contribution is -2.22. The summed E-state index contributed by atoms with van der Waals surface area (Å²) in [5, 5.41) is 11.5. The first-order valence-corrected chi connectivity index (χ1v) is 5.87. The van der Waals surface area contributed by atoms with Crippen LogP contribution in [0.3, 0.4) is 0 Å². The highest BCUT2D eigenvalue weighted by Gasteiger charge is 2.09. The smallest absolute Gasteiger partial charge is 0.123 e. The van der Waals surface area contributed by atoms with Crippen molar-refractivity contribution in [1.82, 2.24) is 9.97 Å². The van der Waals surface area contributed by atoms with Crippen LogP contribution in [0.1, 0.15) is 10.4 Å². The summed E-state index contributed by atoms with van der Waals surface area (Å²) < 4.78 is 13.3. The lowest BCUT2D eigenvalue weighted by Gasteiger charge is -2.10. The van der Waals surface area contributed by atoms with Gasteiger partial charge in [0.05, 0.1) is 17.2 Å². The van der Waals surface area contributed by atoms with Crippen LogP contribution in [-0.2, 0) is 0 Å². The zero-order valence-corrected chi connectivity index (χ0v) is 10.2. The second kappa shape index (κ2) is 4.70. The van der Waals surface area contributed by atoms with E-state index >= 15 is 0 Å². The van der Waals surface area contributed by atoms with Crippen molar-refractivity contribution < 1.29 is 14.3 Å². The highest BCUT2D eigenvalue weighted by molar-refractivity contribution is 6.02. The Morgan fingerprint density at radius 2 is 1.85 bits per heavy atom. The molecule has 0 atom stereocenters. The van der Waals surface area contributed by atoms with Gasteiger partial charge in [-0.2, -0.15) is 0 Å². The van der Waals surface area contributed by atoms with Gasteiger partial charge in [-0.1, -0.05) is 0 Å². The fourth-order valence-corrected chi connectivity index (χ4v) is 2.04. The number of carboxylic acids is 1. The maximum absolute atomic E-state index is 13.3. The SMILES string of the molecule is O=C([O-])c1cc(-c2ccncc2)nc2ccc(F)cc12. The number of rotatable bonds is 2. The normalized spacial score (nSPS) is 10.7. The molecule has 0 aliphatic rings. The fourth-order valence-electron chi connectivity index (χ4n) is 2.04. The summed E-state index contributed by atoms with van der Waals surface area (Å²) in [5.74, 6) is -1.88. The zero-order valence-electron chi connectivity index (χ0n) is 10.2. The Morgan fingerprint density at radius 1 is 1.10 bits per heavy atom. The van der Waals surface area contributed by atoms with E-state index in [-0.39, 0.29) is 10.9 Å². The van der Waals surface area contributed by atoms with Crippen molar-refractivity contribution in [2.75, 3.05) is 0 Å². The molecule has 0 radical (unpaired) electrons. The van der Waals surface area contributed by atoms with Crippen LogP contribution in [0, 0.1) is 5.82 Å². The van der Waals surface area contributed by atoms with Gasteiger partial charge in [-0.3, -0.25) is 4.98 Å². The van der Waals surface area contributed by atoms with Crippen LogP contribution in [0.5, 0.6) is 0 Å². The van der Waals surface area contributed by atoms with Gasteiger partial charge in [0.1, 0.15) is 5.82 Å². The average Bonchev–Trinajstić information content (AvgIpc) is 2.47. The van der Waals surface area contributed by atoms with Gasteiger partial charge in [0.2, 0.25) is 0 Å². The molecule has 0 N–H and O–H groups in total. The second-order valence-corrected chi connectivity index (χ2v) is 4.24. The number of hydrogen-bond donors (Lipinski definition) is 0. The third kappa shape index (κ3) is 2.09. The van der Waals surface area contributed by atoms with Crippen molar-refractivity contribution in [3.63, 3.8) is 0 Å². The number of benzene rings is 1. The van der Waals surface area contributed by atoms with Crippen LogP contribution in [0.25, 0.3) is 22.2 Å². The second-order valence-electron chi connectivity index (χ2n) is 4.24. The van der Waals surface area contributed by atoms with Crippen molar-refractivity contribution in [3.05, 3.63) is 60.2 Å². The van der Waals surface area contributed by atoms with E-state index in [0.717, 1.165) is 11.6 Å². The van der Waals surface area contributed by atoms with Crippen molar-refractivity contribution in [2.45, 2.75) is 0 Å². The monoisotopic (exact) mass is 267 g/mol. The summed E-state index contributed by atoms with van der Waals surface area (Å²) in [7, 11) is 0. The molecule has 0 amide bonds. The molecule has 1 aromatic carbocycles. The molecule has 0 unspecified atom stereocenters. The number of carbonyl (C=O) groups is 1. The van der Waals surface area contributed by atoms with E-state index in [1.54, 1.807) is 24.5 Å². The number of halogens is 1. The van der Waals surface area contributed by atoms with E-state index in [2.05, 4.69) is 9.97 Å². The third-order valence-electron chi connectivity index (χ3n) is 2.97. The highest BCUT2D eigenvalue weighted by Crippen LogP contribution is 2.24. The van der Waals surface area contributed by atoms with Crippen LogP contribution in [0.2, 0.25) is 0 Å². The largest absolute Gasteiger partial charge is 0.545 e. The molecule has 0 saturated carbocycles. The number of aromatic carboxylic acids is 1. The van der Waals surface area contributed by atoms with Gasteiger partial charge in [-0.05, 0) is 36.4 Å². The molecule has 3 aromatic rings. The van der Waals surface area contributed by atoms with E-state index < -0.39 is 11.8 Å². The molecular formula is C15H8FN2O2-. The molecule has 98 valence electrons. The molecule has 0 spiro atoms. The van der Waals surface area contributed by atoms with E-state index in [0.29, 0.717) is 11.2 Å². The number of pyridine rings is 2. The molecule has 0 aliphatic carbocycles. The Hall–Kier alpha value is -2.82. The van der Waals surface area contributed by atoms with Gasteiger partial charge in [0, 0.05) is 28.9 Å². The standard InChI is InChI=1S/C15H9FN2O2/c16-10-1-2-13-11(7-10)12(15(19)20)8-14(18-13)9-3-5-17-6-4-9/h1-8H,(H,19,20)/p-1. The molecule has 2 aromatic heterocycles. The summed E-state index contributed by atoms with van der Waals surface area (Å²) in [5.41, 5.74) is 1.53. The number of carbonyl (C=O) groups excluding carboxylic acids is 1. The minimum atomic E-state index is -1.36. The Kier molecular flexibility index (Phi) is 2.87. The molecule has 0 aliphatic heterocycles. The summed E-state index contributed by atoms with van der Waals surface area (Å²) in [4.78, 5) is 19.5. The van der Waals surface area contributed by atoms with Crippen LogP contribution in [0.15, 0.2) is 48.8 Å². The molecular weight excluding hydrogens is 259 g/mol. The molecule has 3 rings (SSSR count). The summed E-state index contributed by atoms with van der Waals surface area (Å²) >= 11 is 0. The fraction of sp³-hybridized carbons (Fsp3) is 0. The van der Waals surface area contributed by atoms with E-state index in [9.17, 15) is 14.3 Å². The molecule has 0 saturated heterocycles. The average molecular weight is 267 g/mol. The van der Waals surface area contributed by atoms with Crippen molar-refractivity contribution >= 4 is 16.9 Å².